The fourth-order valence-corrected chi connectivity index (χ4v) is 3.42. The van der Waals surface area contributed by atoms with Gasteiger partial charge in [0.1, 0.15) is 5.75 Å². The number of ether oxygens (including phenoxy) is 1. The summed E-state index contributed by atoms with van der Waals surface area (Å²) in [5.41, 5.74) is 0.978. The van der Waals surface area contributed by atoms with Crippen molar-refractivity contribution in [2.75, 3.05) is 13.0 Å². The van der Waals surface area contributed by atoms with Gasteiger partial charge in [0.05, 0.1) is 13.0 Å². The smallest absolute Gasteiger partial charge is 0.344 e. The molecule has 102 valence electrons. The third-order valence-corrected chi connectivity index (χ3v) is 4.68. The largest absolute Gasteiger partial charge is 0.497 e. The van der Waals surface area contributed by atoms with Crippen LogP contribution in [0.25, 0.3) is 0 Å². The predicted octanol–water partition coefficient (Wildman–Crippen LogP) is 2.03. The molecule has 0 saturated heterocycles. The van der Waals surface area contributed by atoms with Crippen molar-refractivity contribution in [3.05, 3.63) is 41.4 Å². The molecule has 1 heterocycles. The fourth-order valence-electron chi connectivity index (χ4n) is 1.47. The van der Waals surface area contributed by atoms with E-state index in [1.165, 1.54) is 28.5 Å². The van der Waals surface area contributed by atoms with Crippen molar-refractivity contribution in [1.82, 2.24) is 4.31 Å². The molecule has 1 aliphatic rings. The van der Waals surface area contributed by atoms with Gasteiger partial charge in [0, 0.05) is 18.8 Å². The van der Waals surface area contributed by atoms with Crippen molar-refractivity contribution in [2.45, 2.75) is 6.42 Å². The number of hydrogen-bond acceptors (Lipinski definition) is 4. The van der Waals surface area contributed by atoms with E-state index in [4.69, 9.17) is 4.74 Å². The van der Waals surface area contributed by atoms with Crippen molar-refractivity contribution in [3.63, 3.8) is 0 Å². The third kappa shape index (κ3) is 3.74. The first kappa shape index (κ1) is 14.0. The van der Waals surface area contributed by atoms with Crippen molar-refractivity contribution < 1.29 is 13.2 Å². The highest BCUT2D eigenvalue weighted by molar-refractivity contribution is 8.03. The van der Waals surface area contributed by atoms with Crippen LogP contribution in [0.1, 0.15) is 5.56 Å². The van der Waals surface area contributed by atoms with Crippen LogP contribution >= 0.6 is 11.8 Å². The molecule has 2 rings (SSSR count). The minimum atomic E-state index is -3.57. The van der Waals surface area contributed by atoms with Gasteiger partial charge in [-0.05, 0) is 23.1 Å². The Morgan fingerprint density at radius 3 is 2.74 bits per heavy atom. The van der Waals surface area contributed by atoms with E-state index in [2.05, 4.69) is 4.40 Å². The van der Waals surface area contributed by atoms with E-state index in [1.807, 2.05) is 24.3 Å². The number of rotatable bonds is 5. The lowest BCUT2D eigenvalue weighted by molar-refractivity contribution is 0.414. The molecule has 0 amide bonds. The molecule has 7 heteroatoms. The Morgan fingerprint density at radius 1 is 1.42 bits per heavy atom. The van der Waals surface area contributed by atoms with E-state index in [-0.39, 0.29) is 0 Å². The Hall–Kier alpha value is -1.47. The van der Waals surface area contributed by atoms with Crippen LogP contribution in [0, 0.1) is 0 Å². The maximum atomic E-state index is 11.8. The van der Waals surface area contributed by atoms with E-state index in [1.54, 1.807) is 12.5 Å². The third-order valence-electron chi connectivity index (χ3n) is 2.52. The van der Waals surface area contributed by atoms with Crippen LogP contribution in [-0.2, 0) is 16.6 Å². The Morgan fingerprint density at radius 2 is 2.16 bits per heavy atom. The molecule has 0 saturated carbocycles. The molecule has 5 nitrogen and oxygen atoms in total. The molecule has 0 atom stereocenters. The lowest BCUT2D eigenvalue weighted by Crippen LogP contribution is -2.21. The Bertz CT molecular complexity index is 579. The summed E-state index contributed by atoms with van der Waals surface area (Å²) in [5, 5.41) is 1.73. The number of thioether (sulfide) groups is 1. The van der Waals surface area contributed by atoms with Crippen LogP contribution < -0.4 is 4.74 Å². The van der Waals surface area contributed by atoms with Crippen LogP contribution in [-0.4, -0.2) is 31.9 Å². The average molecular weight is 298 g/mol. The highest BCUT2D eigenvalue weighted by atomic mass is 32.2. The number of benzene rings is 1. The predicted molar refractivity (Wildman–Crippen MR) is 77.5 cm³/mol. The molecule has 19 heavy (non-hydrogen) atoms. The van der Waals surface area contributed by atoms with Crippen molar-refractivity contribution >= 4 is 28.2 Å². The Kier molecular flexibility index (Phi) is 4.49. The van der Waals surface area contributed by atoms with Crippen molar-refractivity contribution in [1.29, 1.82) is 0 Å². The summed E-state index contributed by atoms with van der Waals surface area (Å²) in [4.78, 5) is 0. The molecule has 1 aromatic rings. The molecule has 0 aliphatic carbocycles. The normalized spacial score (nSPS) is 15.3. The van der Waals surface area contributed by atoms with E-state index in [0.717, 1.165) is 11.3 Å². The molecule has 0 fully saturated rings. The highest BCUT2D eigenvalue weighted by Gasteiger charge is 2.18. The van der Waals surface area contributed by atoms with Gasteiger partial charge in [-0.25, -0.2) is 4.31 Å². The van der Waals surface area contributed by atoms with Gasteiger partial charge in [-0.1, -0.05) is 12.1 Å². The van der Waals surface area contributed by atoms with Crippen molar-refractivity contribution in [3.8, 4) is 5.75 Å². The molecular weight excluding hydrogens is 284 g/mol. The Balaban J connectivity index is 1.97. The van der Waals surface area contributed by atoms with Gasteiger partial charge in [-0.3, -0.25) is 0 Å². The summed E-state index contributed by atoms with van der Waals surface area (Å²) in [7, 11) is -1.97. The van der Waals surface area contributed by atoms with Gasteiger partial charge >= 0.3 is 10.2 Å². The second-order valence-corrected chi connectivity index (χ2v) is 6.23. The summed E-state index contributed by atoms with van der Waals surface area (Å²) < 4.78 is 33.4. The monoisotopic (exact) mass is 298 g/mol. The van der Waals surface area contributed by atoms with Gasteiger partial charge in [0.25, 0.3) is 0 Å². The molecule has 0 aromatic heterocycles. The maximum absolute atomic E-state index is 11.8. The first-order valence-electron chi connectivity index (χ1n) is 5.58. The topological polar surface area (TPSA) is 59.0 Å². The van der Waals surface area contributed by atoms with Crippen molar-refractivity contribution in [2.24, 2.45) is 4.40 Å². The van der Waals surface area contributed by atoms with Crippen LogP contribution in [0.3, 0.4) is 0 Å². The fraction of sp³-hybridized carbons (Fsp3) is 0.250. The van der Waals surface area contributed by atoms with E-state index in [0.29, 0.717) is 12.3 Å². The molecular formula is C12H14N2O3S2. The van der Waals surface area contributed by atoms with Gasteiger partial charge in [0.15, 0.2) is 0 Å². The first-order valence-corrected chi connectivity index (χ1v) is 8.03. The zero-order chi connectivity index (χ0) is 13.7. The summed E-state index contributed by atoms with van der Waals surface area (Å²) >= 11 is 1.42. The molecule has 1 aromatic carbocycles. The lowest BCUT2D eigenvalue weighted by Gasteiger charge is -2.10. The molecule has 0 spiro atoms. The van der Waals surface area contributed by atoms with Crippen LogP contribution in [0.4, 0.5) is 0 Å². The van der Waals surface area contributed by atoms with E-state index < -0.39 is 10.2 Å². The van der Waals surface area contributed by atoms with Gasteiger partial charge in [0.2, 0.25) is 0 Å². The molecule has 0 N–H and O–H groups in total. The molecule has 0 bridgehead atoms. The average Bonchev–Trinajstić information content (AvgIpc) is 2.94. The molecule has 0 unspecified atom stereocenters. The number of nitrogens with zero attached hydrogens (tertiary/aromatic N) is 2. The lowest BCUT2D eigenvalue weighted by atomic mass is 10.2. The van der Waals surface area contributed by atoms with Crippen LogP contribution in [0.2, 0.25) is 0 Å². The molecule has 1 aliphatic heterocycles. The van der Waals surface area contributed by atoms with E-state index in [9.17, 15) is 8.42 Å². The number of hydrogen-bond donors (Lipinski definition) is 0. The summed E-state index contributed by atoms with van der Waals surface area (Å²) in [6, 6.07) is 7.42. The summed E-state index contributed by atoms with van der Waals surface area (Å²) in [5.74, 6) is 1.16. The van der Waals surface area contributed by atoms with Gasteiger partial charge in [-0.15, -0.1) is 11.8 Å². The summed E-state index contributed by atoms with van der Waals surface area (Å²) in [6.07, 6.45) is 3.40. The number of methoxy groups -OCH3 is 1. The molecule has 0 radical (unpaired) electrons. The van der Waals surface area contributed by atoms with Crippen LogP contribution in [0.15, 0.2) is 40.3 Å². The second kappa shape index (κ2) is 6.12. The zero-order valence-corrected chi connectivity index (χ0v) is 12.0. The van der Waals surface area contributed by atoms with Gasteiger partial charge < -0.3 is 4.74 Å². The van der Waals surface area contributed by atoms with E-state index >= 15 is 0 Å². The standard InChI is InChI=1S/C12H14N2O3S2/c1-17-12-4-2-11(3-5-12)6-7-13-19(15,16)14-8-9-18-10-14/h2-5,7-9H,6,10H2,1H3. The minimum absolute atomic E-state index is 0.391. The summed E-state index contributed by atoms with van der Waals surface area (Å²) in [6.45, 7) is 0. The quantitative estimate of drug-likeness (QED) is 0.780. The van der Waals surface area contributed by atoms with Gasteiger partial charge in [-0.2, -0.15) is 12.8 Å². The maximum Gasteiger partial charge on any atom is 0.344 e. The Labute approximate surface area is 117 Å². The minimum Gasteiger partial charge on any atom is -0.497 e. The second-order valence-electron chi connectivity index (χ2n) is 3.79. The highest BCUT2D eigenvalue weighted by Crippen LogP contribution is 2.19. The zero-order valence-electron chi connectivity index (χ0n) is 10.4. The first-order chi connectivity index (χ1) is 9.12. The SMILES string of the molecule is COc1ccc(CC=NS(=O)(=O)N2C=CSC2)cc1. The van der Waals surface area contributed by atoms with Crippen LogP contribution in [0.5, 0.6) is 5.75 Å².